The Bertz CT molecular complexity index is 363. The van der Waals surface area contributed by atoms with Gasteiger partial charge in [0.05, 0.1) is 5.69 Å². The highest BCUT2D eigenvalue weighted by Gasteiger charge is 2.20. The van der Waals surface area contributed by atoms with Crippen LogP contribution in [0, 0.1) is 0 Å². The molecule has 1 heterocycles. The summed E-state index contributed by atoms with van der Waals surface area (Å²) in [6.45, 7) is 5.53. The van der Waals surface area contributed by atoms with Crippen LogP contribution in [-0.4, -0.2) is 25.4 Å². The third-order valence-corrected chi connectivity index (χ3v) is 4.14. The van der Waals surface area contributed by atoms with Gasteiger partial charge in [0.15, 0.2) is 0 Å². The predicted molar refractivity (Wildman–Crippen MR) is 72.6 cm³/mol. The van der Waals surface area contributed by atoms with E-state index >= 15 is 0 Å². The number of para-hydroxylation sites is 1. The highest BCUT2D eigenvalue weighted by atomic mass is 32.2. The molecule has 1 aliphatic heterocycles. The summed E-state index contributed by atoms with van der Waals surface area (Å²) >= 11 is 1.97. The number of fused-ring (bicyclic) bond motifs is 1. The Morgan fingerprint density at radius 2 is 2.31 bits per heavy atom. The molecule has 2 rings (SSSR count). The fraction of sp³-hybridized carbons (Fsp3) is 0.538. The van der Waals surface area contributed by atoms with Crippen molar-refractivity contribution in [2.24, 2.45) is 0 Å². The van der Waals surface area contributed by atoms with Crippen LogP contribution in [0.15, 0.2) is 23.1 Å². The number of nitrogens with one attached hydrogen (secondary N) is 2. The maximum Gasteiger partial charge on any atom is 0.0516 e. The van der Waals surface area contributed by atoms with Crippen LogP contribution >= 0.6 is 11.8 Å². The molecule has 2 N–H and O–H groups in total. The average Bonchev–Trinajstić information content (AvgIpc) is 2.28. The second-order valence-electron chi connectivity index (χ2n) is 4.59. The van der Waals surface area contributed by atoms with E-state index in [0.717, 1.165) is 12.3 Å². The van der Waals surface area contributed by atoms with Crippen LogP contribution in [0.5, 0.6) is 0 Å². The minimum Gasteiger partial charge on any atom is -0.379 e. The van der Waals surface area contributed by atoms with Crippen molar-refractivity contribution in [2.45, 2.75) is 30.7 Å². The van der Waals surface area contributed by atoms with Crippen LogP contribution < -0.4 is 10.6 Å². The maximum atomic E-state index is 3.66. The highest BCUT2D eigenvalue weighted by molar-refractivity contribution is 7.99. The number of likely N-dealkylation sites (N-methyl/N-ethyl adjacent to an activating group) is 1. The normalized spacial score (nSPS) is 19.4. The van der Waals surface area contributed by atoms with Crippen LogP contribution in [0.2, 0.25) is 0 Å². The lowest BCUT2D eigenvalue weighted by Gasteiger charge is -2.29. The van der Waals surface area contributed by atoms with E-state index in [0.29, 0.717) is 12.0 Å². The first-order chi connectivity index (χ1) is 7.72. The van der Waals surface area contributed by atoms with Gasteiger partial charge in [0.1, 0.15) is 0 Å². The Kier molecular flexibility index (Phi) is 3.77. The Labute approximate surface area is 102 Å². The van der Waals surface area contributed by atoms with Gasteiger partial charge < -0.3 is 10.6 Å². The minimum absolute atomic E-state index is 0.544. The van der Waals surface area contributed by atoms with Gasteiger partial charge in [-0.05, 0) is 24.6 Å². The van der Waals surface area contributed by atoms with Gasteiger partial charge in [0.2, 0.25) is 0 Å². The van der Waals surface area contributed by atoms with E-state index in [4.69, 9.17) is 0 Å². The van der Waals surface area contributed by atoms with Crippen LogP contribution in [0.4, 0.5) is 5.69 Å². The van der Waals surface area contributed by atoms with Gasteiger partial charge in [-0.1, -0.05) is 26.0 Å². The van der Waals surface area contributed by atoms with Crippen LogP contribution in [0.1, 0.15) is 25.3 Å². The van der Waals surface area contributed by atoms with Gasteiger partial charge in [-0.15, -0.1) is 11.8 Å². The van der Waals surface area contributed by atoms with Crippen LogP contribution in [0.3, 0.4) is 0 Å². The second kappa shape index (κ2) is 5.11. The number of anilines is 1. The molecular weight excluding hydrogens is 216 g/mol. The van der Waals surface area contributed by atoms with Crippen LogP contribution in [-0.2, 0) is 0 Å². The molecule has 0 fully saturated rings. The van der Waals surface area contributed by atoms with Crippen molar-refractivity contribution in [2.75, 3.05) is 24.7 Å². The third kappa shape index (κ3) is 2.36. The van der Waals surface area contributed by atoms with Gasteiger partial charge >= 0.3 is 0 Å². The van der Waals surface area contributed by atoms with E-state index in [1.165, 1.54) is 16.1 Å². The zero-order chi connectivity index (χ0) is 11.5. The number of thioether (sulfide) groups is 1. The van der Waals surface area contributed by atoms with Crippen molar-refractivity contribution in [3.63, 3.8) is 0 Å². The van der Waals surface area contributed by atoms with E-state index in [1.807, 2.05) is 18.8 Å². The Balaban J connectivity index is 2.27. The second-order valence-corrected chi connectivity index (χ2v) is 5.65. The molecule has 1 atom stereocenters. The number of hydrogen-bond donors (Lipinski definition) is 2. The van der Waals surface area contributed by atoms with E-state index in [-0.39, 0.29) is 0 Å². The zero-order valence-corrected chi connectivity index (χ0v) is 11.0. The highest BCUT2D eigenvalue weighted by Crippen LogP contribution is 2.38. The molecule has 1 aliphatic rings. The van der Waals surface area contributed by atoms with Gasteiger partial charge in [-0.2, -0.15) is 0 Å². The molecule has 1 aromatic carbocycles. The zero-order valence-electron chi connectivity index (χ0n) is 10.2. The van der Waals surface area contributed by atoms with Crippen molar-refractivity contribution >= 4 is 17.4 Å². The molecule has 1 aromatic rings. The standard InChI is InChI=1S/C13H20N2S/c1-9(2)11-5-4-6-12-13(11)15-10(7-14-3)8-16-12/h4-6,9-10,14-15H,7-8H2,1-3H3. The maximum absolute atomic E-state index is 3.66. The van der Waals surface area contributed by atoms with Crippen molar-refractivity contribution in [1.29, 1.82) is 0 Å². The number of hydrogen-bond acceptors (Lipinski definition) is 3. The molecule has 0 radical (unpaired) electrons. The number of rotatable bonds is 3. The molecule has 88 valence electrons. The monoisotopic (exact) mass is 236 g/mol. The topological polar surface area (TPSA) is 24.1 Å². The minimum atomic E-state index is 0.544. The van der Waals surface area contributed by atoms with Crippen LogP contribution in [0.25, 0.3) is 0 Å². The quantitative estimate of drug-likeness (QED) is 0.844. The average molecular weight is 236 g/mol. The van der Waals surface area contributed by atoms with Gasteiger partial charge in [-0.3, -0.25) is 0 Å². The molecule has 0 spiro atoms. The van der Waals surface area contributed by atoms with Crippen molar-refractivity contribution < 1.29 is 0 Å². The lowest BCUT2D eigenvalue weighted by atomic mass is 10.0. The van der Waals surface area contributed by atoms with E-state index in [9.17, 15) is 0 Å². The Morgan fingerprint density at radius 3 is 3.00 bits per heavy atom. The van der Waals surface area contributed by atoms with Gasteiger partial charge in [0, 0.05) is 23.2 Å². The summed E-state index contributed by atoms with van der Waals surface area (Å²) < 4.78 is 0. The lowest BCUT2D eigenvalue weighted by molar-refractivity contribution is 0.698. The first kappa shape index (κ1) is 11.8. The van der Waals surface area contributed by atoms with Gasteiger partial charge in [-0.25, -0.2) is 0 Å². The van der Waals surface area contributed by atoms with E-state index < -0.39 is 0 Å². The molecule has 3 heteroatoms. The molecule has 16 heavy (non-hydrogen) atoms. The van der Waals surface area contributed by atoms with E-state index in [1.54, 1.807) is 0 Å². The summed E-state index contributed by atoms with van der Waals surface area (Å²) in [6, 6.07) is 7.16. The SMILES string of the molecule is CNCC1CSc2cccc(C(C)C)c2N1. The summed E-state index contributed by atoms with van der Waals surface area (Å²) in [5.74, 6) is 1.73. The fourth-order valence-corrected chi connectivity index (χ4v) is 3.17. The molecular formula is C13H20N2S. The molecule has 0 aromatic heterocycles. The molecule has 0 saturated heterocycles. The smallest absolute Gasteiger partial charge is 0.0516 e. The first-order valence-electron chi connectivity index (χ1n) is 5.89. The number of benzene rings is 1. The summed E-state index contributed by atoms with van der Waals surface area (Å²) in [5, 5.41) is 6.91. The van der Waals surface area contributed by atoms with E-state index in [2.05, 4.69) is 42.7 Å². The molecule has 0 amide bonds. The summed E-state index contributed by atoms with van der Waals surface area (Å²) in [4.78, 5) is 1.40. The summed E-state index contributed by atoms with van der Waals surface area (Å²) in [5.41, 5.74) is 2.79. The molecule has 2 nitrogen and oxygen atoms in total. The van der Waals surface area contributed by atoms with Crippen molar-refractivity contribution in [3.05, 3.63) is 23.8 Å². The van der Waals surface area contributed by atoms with Crippen molar-refractivity contribution in [3.8, 4) is 0 Å². The molecule has 0 aliphatic carbocycles. The van der Waals surface area contributed by atoms with Gasteiger partial charge in [0.25, 0.3) is 0 Å². The largest absolute Gasteiger partial charge is 0.379 e. The Morgan fingerprint density at radius 1 is 1.50 bits per heavy atom. The first-order valence-corrected chi connectivity index (χ1v) is 6.87. The lowest BCUT2D eigenvalue weighted by Crippen LogP contribution is -2.35. The predicted octanol–water partition coefficient (Wildman–Crippen LogP) is 2.92. The molecule has 0 saturated carbocycles. The fourth-order valence-electron chi connectivity index (χ4n) is 2.10. The molecule has 0 bridgehead atoms. The molecule has 1 unspecified atom stereocenters. The summed E-state index contributed by atoms with van der Waals surface area (Å²) in [7, 11) is 2.01. The Hall–Kier alpha value is -0.670. The van der Waals surface area contributed by atoms with Crippen molar-refractivity contribution in [1.82, 2.24) is 5.32 Å². The summed E-state index contributed by atoms with van der Waals surface area (Å²) in [6.07, 6.45) is 0. The third-order valence-electron chi connectivity index (χ3n) is 2.92.